The molecular formula is C24H34IN5O2. The van der Waals surface area contributed by atoms with Crippen LogP contribution in [0, 0.1) is 5.92 Å². The van der Waals surface area contributed by atoms with E-state index in [1.165, 1.54) is 12.8 Å². The van der Waals surface area contributed by atoms with Gasteiger partial charge in [-0.15, -0.1) is 24.0 Å². The number of aliphatic imine (C=N–C) groups is 1. The molecular weight excluding hydrogens is 517 g/mol. The van der Waals surface area contributed by atoms with Gasteiger partial charge in [0.25, 0.3) is 0 Å². The van der Waals surface area contributed by atoms with Gasteiger partial charge in [0, 0.05) is 37.4 Å². The predicted molar refractivity (Wildman–Crippen MR) is 141 cm³/mol. The molecule has 174 valence electrons. The van der Waals surface area contributed by atoms with E-state index in [1.807, 2.05) is 56.3 Å². The van der Waals surface area contributed by atoms with E-state index in [0.717, 1.165) is 41.0 Å². The van der Waals surface area contributed by atoms with Crippen molar-refractivity contribution in [3.8, 4) is 5.75 Å². The molecule has 1 aliphatic rings. The zero-order chi connectivity index (χ0) is 22.1. The number of hydrogen-bond donors (Lipinski definition) is 4. The van der Waals surface area contributed by atoms with Crippen LogP contribution in [0.4, 0.5) is 10.5 Å². The van der Waals surface area contributed by atoms with Crippen LogP contribution < -0.4 is 26.0 Å². The number of carbonyl (C=O) groups excluding carboxylic acids is 1. The number of nitrogens with one attached hydrogen (secondary N) is 4. The minimum absolute atomic E-state index is 0. The van der Waals surface area contributed by atoms with Crippen LogP contribution in [0.3, 0.4) is 0 Å². The summed E-state index contributed by atoms with van der Waals surface area (Å²) in [7, 11) is 1.76. The Hall–Kier alpha value is -2.49. The second-order valence-electron chi connectivity index (χ2n) is 8.09. The minimum atomic E-state index is -0.202. The van der Waals surface area contributed by atoms with E-state index in [4.69, 9.17) is 4.74 Å². The Morgan fingerprint density at radius 1 is 1.06 bits per heavy atom. The van der Waals surface area contributed by atoms with E-state index in [9.17, 15) is 4.79 Å². The Balaban J connectivity index is 0.00000363. The number of carbonyl (C=O) groups is 1. The Kier molecular flexibility index (Phi) is 10.6. The lowest BCUT2D eigenvalue weighted by Gasteiger charge is -2.15. The van der Waals surface area contributed by atoms with Crippen LogP contribution in [-0.2, 0) is 13.1 Å². The number of halogens is 1. The third-order valence-electron chi connectivity index (χ3n) is 4.91. The highest BCUT2D eigenvalue weighted by Gasteiger charge is 2.22. The van der Waals surface area contributed by atoms with Gasteiger partial charge < -0.3 is 26.0 Å². The standard InChI is InChI=1S/C24H33N5O2.HI/c1-17(2)28-24(30)29-21-12-10-18(11-13-21)14-26-23(25-3)27-15-20-6-4-5-7-22(20)31-16-19-8-9-19;/h4-7,10-13,17,19H,8-9,14-16H2,1-3H3,(H2,25,26,27)(H2,28,29,30);1H. The van der Waals surface area contributed by atoms with Crippen LogP contribution >= 0.6 is 24.0 Å². The number of anilines is 1. The molecule has 0 heterocycles. The maximum Gasteiger partial charge on any atom is 0.319 e. The van der Waals surface area contributed by atoms with Crippen molar-refractivity contribution in [2.45, 2.75) is 45.8 Å². The fourth-order valence-electron chi connectivity index (χ4n) is 3.00. The molecule has 4 N–H and O–H groups in total. The molecule has 0 unspecified atom stereocenters. The Morgan fingerprint density at radius 2 is 1.75 bits per heavy atom. The quantitative estimate of drug-likeness (QED) is 0.210. The van der Waals surface area contributed by atoms with Crippen molar-refractivity contribution in [3.63, 3.8) is 0 Å². The molecule has 1 aliphatic carbocycles. The monoisotopic (exact) mass is 551 g/mol. The van der Waals surface area contributed by atoms with Crippen LogP contribution in [0.25, 0.3) is 0 Å². The summed E-state index contributed by atoms with van der Waals surface area (Å²) in [5.74, 6) is 2.37. The molecule has 0 bridgehead atoms. The molecule has 1 fully saturated rings. The van der Waals surface area contributed by atoms with Gasteiger partial charge in [0.1, 0.15) is 5.75 Å². The topological polar surface area (TPSA) is 86.8 Å². The van der Waals surface area contributed by atoms with Crippen molar-refractivity contribution >= 4 is 41.7 Å². The molecule has 32 heavy (non-hydrogen) atoms. The summed E-state index contributed by atoms with van der Waals surface area (Å²) >= 11 is 0. The maximum atomic E-state index is 11.8. The predicted octanol–water partition coefficient (Wildman–Crippen LogP) is 4.49. The minimum Gasteiger partial charge on any atom is -0.493 e. The summed E-state index contributed by atoms with van der Waals surface area (Å²) in [4.78, 5) is 16.1. The third-order valence-corrected chi connectivity index (χ3v) is 4.91. The van der Waals surface area contributed by atoms with E-state index in [-0.39, 0.29) is 36.0 Å². The fourth-order valence-corrected chi connectivity index (χ4v) is 3.00. The van der Waals surface area contributed by atoms with Crippen molar-refractivity contribution in [1.29, 1.82) is 0 Å². The number of para-hydroxylation sites is 1. The summed E-state index contributed by atoms with van der Waals surface area (Å²) in [6.07, 6.45) is 2.55. The molecule has 2 aromatic rings. The lowest BCUT2D eigenvalue weighted by Crippen LogP contribution is -2.36. The number of urea groups is 1. The van der Waals surface area contributed by atoms with Gasteiger partial charge in [-0.1, -0.05) is 30.3 Å². The van der Waals surface area contributed by atoms with E-state index in [1.54, 1.807) is 7.05 Å². The second-order valence-corrected chi connectivity index (χ2v) is 8.09. The second kappa shape index (κ2) is 13.1. The van der Waals surface area contributed by atoms with Crippen LogP contribution in [0.2, 0.25) is 0 Å². The van der Waals surface area contributed by atoms with Crippen LogP contribution in [-0.4, -0.2) is 31.7 Å². The Morgan fingerprint density at radius 3 is 2.41 bits per heavy atom. The molecule has 0 spiro atoms. The van der Waals surface area contributed by atoms with Gasteiger partial charge in [0.15, 0.2) is 5.96 Å². The molecule has 1 saturated carbocycles. The molecule has 2 amide bonds. The third kappa shape index (κ3) is 8.94. The van der Waals surface area contributed by atoms with E-state index in [2.05, 4.69) is 32.3 Å². The lowest BCUT2D eigenvalue weighted by atomic mass is 10.2. The highest BCUT2D eigenvalue weighted by atomic mass is 127. The van der Waals surface area contributed by atoms with Crippen LogP contribution in [0.15, 0.2) is 53.5 Å². The first-order valence-electron chi connectivity index (χ1n) is 10.8. The largest absolute Gasteiger partial charge is 0.493 e. The molecule has 0 atom stereocenters. The van der Waals surface area contributed by atoms with Crippen molar-refractivity contribution in [3.05, 3.63) is 59.7 Å². The summed E-state index contributed by atoms with van der Waals surface area (Å²) in [5.41, 5.74) is 2.96. The number of guanidine groups is 1. The van der Waals surface area contributed by atoms with Gasteiger partial charge >= 0.3 is 6.03 Å². The first-order chi connectivity index (χ1) is 15.0. The number of benzene rings is 2. The molecule has 0 aliphatic heterocycles. The lowest BCUT2D eigenvalue weighted by molar-refractivity contribution is 0.250. The van der Waals surface area contributed by atoms with Gasteiger partial charge in [-0.05, 0) is 56.4 Å². The van der Waals surface area contributed by atoms with Crippen molar-refractivity contribution < 1.29 is 9.53 Å². The SMILES string of the molecule is CN=C(NCc1ccc(NC(=O)NC(C)C)cc1)NCc1ccccc1OCC1CC1.I. The highest BCUT2D eigenvalue weighted by Crippen LogP contribution is 2.30. The number of ether oxygens (including phenoxy) is 1. The molecule has 0 saturated heterocycles. The molecule has 3 rings (SSSR count). The zero-order valence-corrected chi connectivity index (χ0v) is 21.3. The summed E-state index contributed by atoms with van der Waals surface area (Å²) in [5, 5.41) is 12.3. The smallest absolute Gasteiger partial charge is 0.319 e. The average Bonchev–Trinajstić information content (AvgIpc) is 3.58. The number of rotatable bonds is 9. The molecule has 0 aromatic heterocycles. The average molecular weight is 551 g/mol. The van der Waals surface area contributed by atoms with E-state index < -0.39 is 0 Å². The number of nitrogens with zero attached hydrogens (tertiary/aromatic N) is 1. The summed E-state index contributed by atoms with van der Waals surface area (Å²) in [6.45, 7) is 5.91. The normalized spacial score (nSPS) is 13.2. The molecule has 0 radical (unpaired) electrons. The van der Waals surface area contributed by atoms with Gasteiger partial charge in [-0.3, -0.25) is 4.99 Å². The number of amides is 2. The van der Waals surface area contributed by atoms with E-state index >= 15 is 0 Å². The van der Waals surface area contributed by atoms with Gasteiger partial charge in [-0.25, -0.2) is 4.79 Å². The zero-order valence-electron chi connectivity index (χ0n) is 19.0. The van der Waals surface area contributed by atoms with Crippen molar-refractivity contribution in [2.75, 3.05) is 19.0 Å². The maximum absolute atomic E-state index is 11.8. The van der Waals surface area contributed by atoms with E-state index in [0.29, 0.717) is 13.1 Å². The van der Waals surface area contributed by atoms with Crippen LogP contribution in [0.5, 0.6) is 5.75 Å². The highest BCUT2D eigenvalue weighted by molar-refractivity contribution is 14.0. The van der Waals surface area contributed by atoms with Gasteiger partial charge in [-0.2, -0.15) is 0 Å². The summed E-state index contributed by atoms with van der Waals surface area (Å²) in [6, 6.07) is 15.7. The fraction of sp³-hybridized carbons (Fsp3) is 0.417. The first-order valence-corrected chi connectivity index (χ1v) is 10.8. The van der Waals surface area contributed by atoms with Gasteiger partial charge in [0.2, 0.25) is 0 Å². The molecule has 7 nitrogen and oxygen atoms in total. The Labute approximate surface area is 207 Å². The first kappa shape index (κ1) is 25.8. The molecule has 2 aromatic carbocycles. The van der Waals surface area contributed by atoms with Crippen molar-refractivity contribution in [1.82, 2.24) is 16.0 Å². The van der Waals surface area contributed by atoms with Gasteiger partial charge in [0.05, 0.1) is 6.61 Å². The van der Waals surface area contributed by atoms with Crippen molar-refractivity contribution in [2.24, 2.45) is 10.9 Å². The molecule has 8 heteroatoms. The van der Waals surface area contributed by atoms with Crippen LogP contribution in [0.1, 0.15) is 37.8 Å². The Bertz CT molecular complexity index is 882. The summed E-state index contributed by atoms with van der Waals surface area (Å²) < 4.78 is 5.98. The number of hydrogen-bond acceptors (Lipinski definition) is 3.